The van der Waals surface area contributed by atoms with Crippen molar-refractivity contribution in [1.82, 2.24) is 0 Å². The summed E-state index contributed by atoms with van der Waals surface area (Å²) in [6, 6.07) is 22.8. The van der Waals surface area contributed by atoms with E-state index in [1.807, 2.05) is 0 Å². The van der Waals surface area contributed by atoms with Gasteiger partial charge in [-0.2, -0.15) is 0 Å². The van der Waals surface area contributed by atoms with Crippen molar-refractivity contribution in [3.63, 3.8) is 0 Å². The SMILES string of the molecule is CC(=O)c1ccc(O)cc1.CC(=O)c1ccc(OCCOc2cc(CO)cc(CO)c2)cc1.OCc1cc(O)cc(CO)c1. The molecule has 0 saturated heterocycles. The molecule has 6 N–H and O–H groups in total. The van der Waals surface area contributed by atoms with E-state index < -0.39 is 0 Å². The predicted molar refractivity (Wildman–Crippen MR) is 164 cm³/mol. The smallest absolute Gasteiger partial charge is 0.159 e. The molecule has 0 bridgehead atoms. The quantitative estimate of drug-likeness (QED) is 0.107. The van der Waals surface area contributed by atoms with E-state index in [9.17, 15) is 19.8 Å². The lowest BCUT2D eigenvalue weighted by Gasteiger charge is -2.11. The van der Waals surface area contributed by atoms with E-state index in [1.54, 1.807) is 60.7 Å². The maximum Gasteiger partial charge on any atom is 0.159 e. The van der Waals surface area contributed by atoms with Crippen LogP contribution in [-0.2, 0) is 26.4 Å². The van der Waals surface area contributed by atoms with Crippen molar-refractivity contribution < 1.29 is 49.7 Å². The Labute approximate surface area is 256 Å². The van der Waals surface area contributed by atoms with E-state index in [1.165, 1.54) is 38.1 Å². The molecule has 0 saturated carbocycles. The summed E-state index contributed by atoms with van der Waals surface area (Å²) in [5.74, 6) is 1.53. The zero-order valence-corrected chi connectivity index (χ0v) is 24.6. The zero-order chi connectivity index (χ0) is 32.5. The number of aliphatic hydroxyl groups is 4. The minimum absolute atomic E-state index is 0.0139. The van der Waals surface area contributed by atoms with Crippen LogP contribution in [0.25, 0.3) is 0 Å². The van der Waals surface area contributed by atoms with Crippen LogP contribution in [0.3, 0.4) is 0 Å². The van der Waals surface area contributed by atoms with Gasteiger partial charge >= 0.3 is 0 Å². The molecule has 4 rings (SSSR count). The fourth-order valence-corrected chi connectivity index (χ4v) is 3.72. The Kier molecular flexibility index (Phi) is 15.1. The molecule has 0 aliphatic rings. The standard InChI is InChI=1S/C18H20O5.C8H10O3.C8H8O2/c1-13(21)16-2-4-17(5-3-16)22-6-7-23-18-9-14(11-19)8-15(10-18)12-20;9-4-6-1-7(5-10)3-8(11)2-6;1-6(9)7-2-4-8(10)5-3-7/h2-5,8-10,19-20H,6-7,11-12H2,1H3;1-3,9-11H,4-5H2;2-5,10H,1H3. The van der Waals surface area contributed by atoms with Gasteiger partial charge in [0.1, 0.15) is 36.2 Å². The van der Waals surface area contributed by atoms with E-state index in [0.29, 0.717) is 58.1 Å². The van der Waals surface area contributed by atoms with Crippen molar-refractivity contribution in [3.8, 4) is 23.0 Å². The average Bonchev–Trinajstić information content (AvgIpc) is 3.03. The molecule has 0 atom stereocenters. The number of hydrogen-bond acceptors (Lipinski definition) is 10. The topological polar surface area (TPSA) is 174 Å². The van der Waals surface area contributed by atoms with Crippen LogP contribution in [0, 0.1) is 0 Å². The lowest BCUT2D eigenvalue weighted by atomic mass is 10.1. The largest absolute Gasteiger partial charge is 0.508 e. The fraction of sp³-hybridized carbons (Fsp3) is 0.235. The van der Waals surface area contributed by atoms with E-state index in [0.717, 1.165) is 0 Å². The Morgan fingerprint density at radius 2 is 0.864 bits per heavy atom. The predicted octanol–water partition coefficient (Wildman–Crippen LogP) is 4.30. The molecule has 0 fully saturated rings. The van der Waals surface area contributed by atoms with Crippen LogP contribution in [0.5, 0.6) is 23.0 Å². The van der Waals surface area contributed by atoms with Crippen molar-refractivity contribution in [2.45, 2.75) is 40.3 Å². The average molecular weight is 607 g/mol. The van der Waals surface area contributed by atoms with Gasteiger partial charge in [-0.1, -0.05) is 12.1 Å². The second-order valence-corrected chi connectivity index (χ2v) is 9.51. The Morgan fingerprint density at radius 3 is 1.25 bits per heavy atom. The molecule has 0 amide bonds. The Hall–Kier alpha value is -4.74. The summed E-state index contributed by atoms with van der Waals surface area (Å²) in [6.45, 7) is 3.22. The number of carbonyl (C=O) groups is 2. The van der Waals surface area contributed by atoms with Gasteiger partial charge in [-0.05, 0) is 109 Å². The van der Waals surface area contributed by atoms with Crippen molar-refractivity contribution in [2.75, 3.05) is 13.2 Å². The maximum atomic E-state index is 11.2. The third-order valence-corrected chi connectivity index (χ3v) is 5.95. The normalized spacial score (nSPS) is 10.0. The second-order valence-electron chi connectivity index (χ2n) is 9.51. The van der Waals surface area contributed by atoms with Gasteiger partial charge in [0.15, 0.2) is 11.6 Å². The molecule has 10 nitrogen and oxygen atoms in total. The number of ether oxygens (including phenoxy) is 2. The van der Waals surface area contributed by atoms with E-state index in [2.05, 4.69) is 0 Å². The highest BCUT2D eigenvalue weighted by molar-refractivity contribution is 5.94. The van der Waals surface area contributed by atoms with Crippen LogP contribution in [0.15, 0.2) is 84.9 Å². The van der Waals surface area contributed by atoms with E-state index >= 15 is 0 Å². The molecule has 234 valence electrons. The molecule has 0 spiro atoms. The van der Waals surface area contributed by atoms with Crippen LogP contribution < -0.4 is 9.47 Å². The molecule has 10 heteroatoms. The summed E-state index contributed by atoms with van der Waals surface area (Å²) in [6.07, 6.45) is 0. The lowest BCUT2D eigenvalue weighted by molar-refractivity contribution is 0.100. The number of aromatic hydroxyl groups is 2. The van der Waals surface area contributed by atoms with Gasteiger partial charge in [0.05, 0.1) is 26.4 Å². The number of phenolic OH excluding ortho intramolecular Hbond substituents is 2. The van der Waals surface area contributed by atoms with Crippen molar-refractivity contribution >= 4 is 11.6 Å². The third kappa shape index (κ3) is 12.6. The molecule has 0 aliphatic carbocycles. The number of Topliss-reactive ketones (excluding diaryl/α,β-unsaturated/α-hetero) is 2. The van der Waals surface area contributed by atoms with Gasteiger partial charge in [-0.25, -0.2) is 0 Å². The molecular formula is C34H38O10. The fourth-order valence-electron chi connectivity index (χ4n) is 3.72. The minimum atomic E-state index is -0.124. The van der Waals surface area contributed by atoms with Gasteiger partial charge in [-0.3, -0.25) is 9.59 Å². The first-order chi connectivity index (χ1) is 21.1. The summed E-state index contributed by atoms with van der Waals surface area (Å²) in [5, 5.41) is 53.6. The Balaban J connectivity index is 0.000000266. The maximum absolute atomic E-state index is 11.2. The molecule has 0 unspecified atom stereocenters. The van der Waals surface area contributed by atoms with Crippen molar-refractivity contribution in [3.05, 3.63) is 118 Å². The van der Waals surface area contributed by atoms with Crippen LogP contribution in [0.2, 0.25) is 0 Å². The number of carbonyl (C=O) groups excluding carboxylic acids is 2. The monoisotopic (exact) mass is 606 g/mol. The Bertz CT molecular complexity index is 1420. The second kappa shape index (κ2) is 18.7. The number of phenols is 2. The number of ketones is 2. The summed E-state index contributed by atoms with van der Waals surface area (Å²) in [7, 11) is 0. The number of rotatable bonds is 11. The van der Waals surface area contributed by atoms with E-state index in [4.69, 9.17) is 29.9 Å². The van der Waals surface area contributed by atoms with Crippen LogP contribution in [-0.4, -0.2) is 55.4 Å². The summed E-state index contributed by atoms with van der Waals surface area (Å²) in [5.41, 5.74) is 3.85. The molecule has 0 aromatic heterocycles. The van der Waals surface area contributed by atoms with Crippen molar-refractivity contribution in [1.29, 1.82) is 0 Å². The highest BCUT2D eigenvalue weighted by atomic mass is 16.5. The first-order valence-electron chi connectivity index (χ1n) is 13.6. The van der Waals surface area contributed by atoms with Gasteiger partial charge in [0.25, 0.3) is 0 Å². The minimum Gasteiger partial charge on any atom is -0.508 e. The van der Waals surface area contributed by atoms with Gasteiger partial charge in [-0.15, -0.1) is 0 Å². The highest BCUT2D eigenvalue weighted by Gasteiger charge is 2.03. The number of hydrogen-bond donors (Lipinski definition) is 6. The number of benzene rings is 4. The molecule has 0 radical (unpaired) electrons. The summed E-state index contributed by atoms with van der Waals surface area (Å²) >= 11 is 0. The molecular weight excluding hydrogens is 568 g/mol. The van der Waals surface area contributed by atoms with E-state index in [-0.39, 0.29) is 49.5 Å². The number of aliphatic hydroxyl groups excluding tert-OH is 4. The molecule has 0 heterocycles. The summed E-state index contributed by atoms with van der Waals surface area (Å²) < 4.78 is 11.1. The third-order valence-electron chi connectivity index (χ3n) is 5.95. The first-order valence-corrected chi connectivity index (χ1v) is 13.6. The highest BCUT2D eigenvalue weighted by Crippen LogP contribution is 2.19. The molecule has 4 aromatic rings. The van der Waals surface area contributed by atoms with Gasteiger partial charge < -0.3 is 40.1 Å². The first kappa shape index (κ1) is 35.5. The van der Waals surface area contributed by atoms with Crippen molar-refractivity contribution in [2.24, 2.45) is 0 Å². The summed E-state index contributed by atoms with van der Waals surface area (Å²) in [4.78, 5) is 21.9. The molecule has 44 heavy (non-hydrogen) atoms. The van der Waals surface area contributed by atoms with Crippen LogP contribution >= 0.6 is 0 Å². The van der Waals surface area contributed by atoms with Crippen LogP contribution in [0.4, 0.5) is 0 Å². The zero-order valence-electron chi connectivity index (χ0n) is 24.6. The molecule has 0 aliphatic heterocycles. The van der Waals surface area contributed by atoms with Gasteiger partial charge in [0.2, 0.25) is 0 Å². The Morgan fingerprint density at radius 1 is 0.500 bits per heavy atom. The van der Waals surface area contributed by atoms with Gasteiger partial charge in [0, 0.05) is 11.1 Å². The lowest BCUT2D eigenvalue weighted by Crippen LogP contribution is -2.09. The molecule has 4 aromatic carbocycles. The van der Waals surface area contributed by atoms with Crippen LogP contribution in [0.1, 0.15) is 56.8 Å².